The first kappa shape index (κ1) is 17.1. The summed E-state index contributed by atoms with van der Waals surface area (Å²) < 4.78 is 7.49. The Morgan fingerprint density at radius 1 is 1.27 bits per heavy atom. The molecule has 2 atom stereocenters. The van der Waals surface area contributed by atoms with E-state index in [1.54, 1.807) is 4.68 Å². The van der Waals surface area contributed by atoms with Crippen LogP contribution in [0.2, 0.25) is 0 Å². The van der Waals surface area contributed by atoms with Crippen LogP contribution < -0.4 is 4.74 Å². The summed E-state index contributed by atoms with van der Waals surface area (Å²) in [4.78, 5) is 14.7. The lowest BCUT2D eigenvalue weighted by Crippen LogP contribution is -2.29. The van der Waals surface area contributed by atoms with Gasteiger partial charge in [-0.25, -0.2) is 0 Å². The van der Waals surface area contributed by atoms with Gasteiger partial charge in [-0.2, -0.15) is 5.10 Å². The van der Waals surface area contributed by atoms with E-state index in [9.17, 15) is 9.90 Å². The van der Waals surface area contributed by atoms with Gasteiger partial charge in [0.15, 0.2) is 0 Å². The van der Waals surface area contributed by atoms with E-state index in [2.05, 4.69) is 5.10 Å². The van der Waals surface area contributed by atoms with E-state index in [0.29, 0.717) is 24.6 Å². The Labute approximate surface area is 153 Å². The van der Waals surface area contributed by atoms with E-state index in [1.165, 1.54) is 12.8 Å². The molecule has 26 heavy (non-hydrogen) atoms. The molecule has 1 saturated heterocycles. The predicted octanol–water partition coefficient (Wildman–Crippen LogP) is 2.06. The second-order valence-electron chi connectivity index (χ2n) is 7.49. The normalized spacial score (nSPS) is 22.6. The van der Waals surface area contributed by atoms with Crippen molar-refractivity contribution in [2.24, 2.45) is 18.9 Å². The molecule has 0 spiro atoms. The molecule has 1 N–H and O–H groups in total. The fraction of sp³-hybridized carbons (Fsp3) is 0.500. The van der Waals surface area contributed by atoms with Crippen molar-refractivity contribution in [3.63, 3.8) is 0 Å². The number of amides is 1. The van der Waals surface area contributed by atoms with Crippen molar-refractivity contribution in [1.29, 1.82) is 0 Å². The quantitative estimate of drug-likeness (QED) is 0.861. The fourth-order valence-corrected chi connectivity index (χ4v) is 3.61. The molecular weight excluding hydrogens is 330 g/mol. The highest BCUT2D eigenvalue weighted by atomic mass is 16.5. The molecule has 0 bridgehead atoms. The standard InChI is InChI=1S/C20H25N3O3/c1-22-9-16(8-21-22)19-11-23(10-17(19)12-24)20(25)15-4-6-18(7-5-15)26-13-14-2-3-14/h4-9,14,17,19,24H,2-3,10-13H2,1H3/t17-,19-/m0/s1. The van der Waals surface area contributed by atoms with E-state index in [4.69, 9.17) is 4.74 Å². The van der Waals surface area contributed by atoms with Gasteiger partial charge in [0.05, 0.1) is 12.8 Å². The molecule has 6 heteroatoms. The Hall–Kier alpha value is -2.34. The van der Waals surface area contributed by atoms with Crippen LogP contribution in [0.3, 0.4) is 0 Å². The first-order valence-corrected chi connectivity index (χ1v) is 9.25. The van der Waals surface area contributed by atoms with Crippen LogP contribution in [0.15, 0.2) is 36.7 Å². The number of benzene rings is 1. The van der Waals surface area contributed by atoms with Gasteiger partial charge in [-0.1, -0.05) is 0 Å². The molecule has 1 aromatic carbocycles. The van der Waals surface area contributed by atoms with Gasteiger partial charge in [0.25, 0.3) is 5.91 Å². The zero-order chi connectivity index (χ0) is 18.1. The van der Waals surface area contributed by atoms with Gasteiger partial charge in [0.2, 0.25) is 0 Å². The summed E-state index contributed by atoms with van der Waals surface area (Å²) >= 11 is 0. The first-order chi connectivity index (χ1) is 12.6. The van der Waals surface area contributed by atoms with Crippen molar-refractivity contribution in [3.05, 3.63) is 47.8 Å². The summed E-state index contributed by atoms with van der Waals surface area (Å²) in [6.07, 6.45) is 6.31. The van der Waals surface area contributed by atoms with Gasteiger partial charge in [-0.15, -0.1) is 0 Å². The van der Waals surface area contributed by atoms with Gasteiger partial charge in [0, 0.05) is 50.3 Å². The molecule has 1 aliphatic heterocycles. The molecular formula is C20H25N3O3. The summed E-state index contributed by atoms with van der Waals surface area (Å²) in [5.74, 6) is 1.70. The molecule has 4 rings (SSSR count). The Kier molecular flexibility index (Phi) is 4.68. The molecule has 1 amide bonds. The number of aliphatic hydroxyl groups excluding tert-OH is 1. The summed E-state index contributed by atoms with van der Waals surface area (Å²) in [7, 11) is 1.88. The molecule has 1 aliphatic carbocycles. The van der Waals surface area contributed by atoms with Crippen molar-refractivity contribution in [1.82, 2.24) is 14.7 Å². The molecule has 6 nitrogen and oxygen atoms in total. The van der Waals surface area contributed by atoms with Gasteiger partial charge < -0.3 is 14.7 Å². The second kappa shape index (κ2) is 7.11. The van der Waals surface area contributed by atoms with Crippen LogP contribution in [0, 0.1) is 11.8 Å². The number of carbonyl (C=O) groups excluding carboxylic acids is 1. The maximum Gasteiger partial charge on any atom is 0.253 e. The van der Waals surface area contributed by atoms with Gasteiger partial charge >= 0.3 is 0 Å². The van der Waals surface area contributed by atoms with Crippen LogP contribution in [0.1, 0.15) is 34.7 Å². The van der Waals surface area contributed by atoms with E-state index in [0.717, 1.165) is 17.9 Å². The van der Waals surface area contributed by atoms with Crippen LogP contribution in [0.4, 0.5) is 0 Å². The minimum absolute atomic E-state index is 0.00332. The number of hydrogen-bond donors (Lipinski definition) is 1. The average Bonchev–Trinajstić information content (AvgIpc) is 3.23. The third-order valence-corrected chi connectivity index (χ3v) is 5.40. The highest BCUT2D eigenvalue weighted by Gasteiger charge is 2.36. The first-order valence-electron chi connectivity index (χ1n) is 9.25. The molecule has 138 valence electrons. The number of hydrogen-bond acceptors (Lipinski definition) is 4. The molecule has 2 aliphatic rings. The largest absolute Gasteiger partial charge is 0.493 e. The maximum absolute atomic E-state index is 12.9. The van der Waals surface area contributed by atoms with Crippen molar-refractivity contribution >= 4 is 5.91 Å². The number of aliphatic hydroxyl groups is 1. The summed E-state index contributed by atoms with van der Waals surface area (Å²) in [5, 5.41) is 14.0. The van der Waals surface area contributed by atoms with Crippen molar-refractivity contribution in [2.45, 2.75) is 18.8 Å². The van der Waals surface area contributed by atoms with Crippen LogP contribution in [-0.4, -0.2) is 52.0 Å². The van der Waals surface area contributed by atoms with Crippen LogP contribution in [0.5, 0.6) is 5.75 Å². The molecule has 2 heterocycles. The zero-order valence-electron chi connectivity index (χ0n) is 15.0. The van der Waals surface area contributed by atoms with Gasteiger partial charge in [0.1, 0.15) is 5.75 Å². The van der Waals surface area contributed by atoms with E-state index in [-0.39, 0.29) is 24.3 Å². The number of ether oxygens (including phenoxy) is 1. The van der Waals surface area contributed by atoms with Crippen LogP contribution in [0.25, 0.3) is 0 Å². The lowest BCUT2D eigenvalue weighted by atomic mass is 9.92. The number of aryl methyl sites for hydroxylation is 1. The van der Waals surface area contributed by atoms with E-state index >= 15 is 0 Å². The smallest absolute Gasteiger partial charge is 0.253 e. The van der Waals surface area contributed by atoms with Crippen LogP contribution in [-0.2, 0) is 7.05 Å². The third-order valence-electron chi connectivity index (χ3n) is 5.40. The Bertz CT molecular complexity index is 767. The van der Waals surface area contributed by atoms with E-state index in [1.807, 2.05) is 48.6 Å². The highest BCUT2D eigenvalue weighted by molar-refractivity contribution is 5.94. The SMILES string of the molecule is Cn1cc([C@@H]2CN(C(=O)c3ccc(OCC4CC4)cc3)C[C@H]2CO)cn1. The van der Waals surface area contributed by atoms with Crippen molar-refractivity contribution in [2.75, 3.05) is 26.3 Å². The lowest BCUT2D eigenvalue weighted by molar-refractivity contribution is 0.0781. The molecule has 1 aromatic heterocycles. The molecule has 0 unspecified atom stereocenters. The third kappa shape index (κ3) is 3.60. The predicted molar refractivity (Wildman–Crippen MR) is 97.1 cm³/mol. The maximum atomic E-state index is 12.9. The summed E-state index contributed by atoms with van der Waals surface area (Å²) in [5.41, 5.74) is 1.73. The minimum Gasteiger partial charge on any atom is -0.493 e. The summed E-state index contributed by atoms with van der Waals surface area (Å²) in [6.45, 7) is 2.01. The van der Waals surface area contributed by atoms with Crippen molar-refractivity contribution < 1.29 is 14.6 Å². The number of nitrogens with zero attached hydrogens (tertiary/aromatic N) is 3. The van der Waals surface area contributed by atoms with Crippen LogP contribution >= 0.6 is 0 Å². The molecule has 2 aromatic rings. The summed E-state index contributed by atoms with van der Waals surface area (Å²) in [6, 6.07) is 7.40. The Morgan fingerprint density at radius 3 is 2.65 bits per heavy atom. The highest BCUT2D eigenvalue weighted by Crippen LogP contribution is 2.33. The number of likely N-dealkylation sites (tertiary alicyclic amines) is 1. The Morgan fingerprint density at radius 2 is 2.04 bits per heavy atom. The molecule has 0 radical (unpaired) electrons. The lowest BCUT2D eigenvalue weighted by Gasteiger charge is -2.16. The minimum atomic E-state index is 0.00332. The average molecular weight is 355 g/mol. The monoisotopic (exact) mass is 355 g/mol. The zero-order valence-corrected chi connectivity index (χ0v) is 15.0. The second-order valence-corrected chi connectivity index (χ2v) is 7.49. The van der Waals surface area contributed by atoms with Crippen molar-refractivity contribution in [3.8, 4) is 5.75 Å². The number of carbonyl (C=O) groups is 1. The fourth-order valence-electron chi connectivity index (χ4n) is 3.61. The Balaban J connectivity index is 1.42. The van der Waals surface area contributed by atoms with E-state index < -0.39 is 0 Å². The number of aromatic nitrogens is 2. The van der Waals surface area contributed by atoms with Gasteiger partial charge in [-0.3, -0.25) is 9.48 Å². The number of rotatable bonds is 6. The molecule has 1 saturated carbocycles. The topological polar surface area (TPSA) is 67.6 Å². The van der Waals surface area contributed by atoms with Gasteiger partial charge in [-0.05, 0) is 48.6 Å². The molecule has 2 fully saturated rings.